The number of methoxy groups -OCH3 is 1. The molecular formula is C14H15FN2O3. The van der Waals surface area contributed by atoms with Crippen LogP contribution < -0.4 is 4.74 Å². The first-order chi connectivity index (χ1) is 9.56. The number of nitrogens with zero attached hydrogens (tertiary/aromatic N) is 2. The quantitative estimate of drug-likeness (QED) is 0.841. The highest BCUT2D eigenvalue weighted by molar-refractivity contribution is 5.82. The summed E-state index contributed by atoms with van der Waals surface area (Å²) in [6.07, 6.45) is 0.587. The molecule has 0 aliphatic rings. The van der Waals surface area contributed by atoms with Gasteiger partial charge in [-0.15, -0.1) is 0 Å². The molecule has 1 heterocycles. The lowest BCUT2D eigenvalue weighted by Crippen LogP contribution is -2.07. The fraction of sp³-hybridized carbons (Fsp3) is 0.357. The topological polar surface area (TPSA) is 65.2 Å². The number of Topliss-reactive ketones (excluding diaryl/α,β-unsaturated/α-hetero) is 1. The second kappa shape index (κ2) is 5.81. The molecule has 6 heteroatoms. The Bertz CT molecular complexity index is 625. The van der Waals surface area contributed by atoms with Gasteiger partial charge in [-0.1, -0.05) is 12.1 Å². The van der Waals surface area contributed by atoms with Gasteiger partial charge in [0.15, 0.2) is 11.6 Å². The number of hydrogen-bond acceptors (Lipinski definition) is 5. The zero-order chi connectivity index (χ0) is 14.7. The summed E-state index contributed by atoms with van der Waals surface area (Å²) in [5.74, 6) is -0.211. The van der Waals surface area contributed by atoms with Gasteiger partial charge in [-0.3, -0.25) is 4.79 Å². The monoisotopic (exact) mass is 278 g/mol. The van der Waals surface area contributed by atoms with Crippen LogP contribution in [0, 0.1) is 5.82 Å². The summed E-state index contributed by atoms with van der Waals surface area (Å²) < 4.78 is 23.4. The highest BCUT2D eigenvalue weighted by Crippen LogP contribution is 2.26. The zero-order valence-corrected chi connectivity index (χ0v) is 11.5. The number of halogens is 1. The Morgan fingerprint density at radius 2 is 2.25 bits per heavy atom. The minimum Gasteiger partial charge on any atom is -0.494 e. The third kappa shape index (κ3) is 2.68. The van der Waals surface area contributed by atoms with Crippen LogP contribution in [0.1, 0.15) is 32.1 Å². The van der Waals surface area contributed by atoms with E-state index in [2.05, 4.69) is 10.1 Å². The Labute approximate surface area is 115 Å². The van der Waals surface area contributed by atoms with Gasteiger partial charge in [-0.25, -0.2) is 4.39 Å². The van der Waals surface area contributed by atoms with Crippen molar-refractivity contribution in [3.63, 3.8) is 0 Å². The second-order valence-corrected chi connectivity index (χ2v) is 4.38. The number of ketones is 1. The Morgan fingerprint density at radius 3 is 2.85 bits per heavy atom. The predicted octanol–water partition coefficient (Wildman–Crippen LogP) is 2.97. The number of carbonyl (C=O) groups is 1. The molecule has 2 aromatic rings. The zero-order valence-electron chi connectivity index (χ0n) is 11.5. The van der Waals surface area contributed by atoms with Crippen LogP contribution in [0.15, 0.2) is 22.7 Å². The first-order valence-corrected chi connectivity index (χ1v) is 6.24. The summed E-state index contributed by atoms with van der Waals surface area (Å²) in [4.78, 5) is 15.7. The van der Waals surface area contributed by atoms with E-state index in [1.165, 1.54) is 32.2 Å². The van der Waals surface area contributed by atoms with Crippen LogP contribution in [0.25, 0.3) is 11.4 Å². The van der Waals surface area contributed by atoms with Gasteiger partial charge < -0.3 is 9.26 Å². The summed E-state index contributed by atoms with van der Waals surface area (Å²) >= 11 is 0. The number of aromatic nitrogens is 2. The summed E-state index contributed by atoms with van der Waals surface area (Å²) in [7, 11) is 1.38. The lowest BCUT2D eigenvalue weighted by molar-refractivity contribution is -0.119. The predicted molar refractivity (Wildman–Crippen MR) is 70.0 cm³/mol. The standard InChI is InChI=1S/C14H15FN2O3/c1-4-10(8(2)18)14-16-13(17-20-14)9-5-6-11(15)12(7-9)19-3/h5-7,10H,4H2,1-3H3. The van der Waals surface area contributed by atoms with Crippen molar-refractivity contribution in [2.75, 3.05) is 7.11 Å². The number of rotatable bonds is 5. The van der Waals surface area contributed by atoms with Gasteiger partial charge in [0, 0.05) is 5.56 Å². The van der Waals surface area contributed by atoms with Crippen molar-refractivity contribution in [2.24, 2.45) is 0 Å². The second-order valence-electron chi connectivity index (χ2n) is 4.38. The van der Waals surface area contributed by atoms with E-state index >= 15 is 0 Å². The van der Waals surface area contributed by atoms with Crippen molar-refractivity contribution >= 4 is 5.78 Å². The fourth-order valence-electron chi connectivity index (χ4n) is 1.93. The molecule has 0 aliphatic carbocycles. The average molecular weight is 278 g/mol. The molecule has 0 spiro atoms. The maximum Gasteiger partial charge on any atom is 0.237 e. The smallest absolute Gasteiger partial charge is 0.237 e. The van der Waals surface area contributed by atoms with E-state index in [0.717, 1.165) is 0 Å². The van der Waals surface area contributed by atoms with Crippen LogP contribution in [0.3, 0.4) is 0 Å². The molecular weight excluding hydrogens is 263 g/mol. The van der Waals surface area contributed by atoms with E-state index in [1.54, 1.807) is 0 Å². The molecule has 0 aliphatic heterocycles. The van der Waals surface area contributed by atoms with Gasteiger partial charge in [0.2, 0.25) is 11.7 Å². The van der Waals surface area contributed by atoms with E-state index in [9.17, 15) is 9.18 Å². The molecule has 1 unspecified atom stereocenters. The molecule has 0 bridgehead atoms. The number of hydrogen-bond donors (Lipinski definition) is 0. The molecule has 0 saturated heterocycles. The third-order valence-corrected chi connectivity index (χ3v) is 3.05. The molecule has 1 aromatic heterocycles. The molecule has 0 amide bonds. The molecule has 5 nitrogen and oxygen atoms in total. The first kappa shape index (κ1) is 14.2. The van der Waals surface area contributed by atoms with Crippen LogP contribution in [0.5, 0.6) is 5.75 Å². The van der Waals surface area contributed by atoms with Gasteiger partial charge in [0.05, 0.1) is 13.0 Å². The molecule has 1 atom stereocenters. The normalized spacial score (nSPS) is 12.2. The number of benzene rings is 1. The van der Waals surface area contributed by atoms with Crippen molar-refractivity contribution < 1.29 is 18.4 Å². The molecule has 0 radical (unpaired) electrons. The summed E-state index contributed by atoms with van der Waals surface area (Å²) in [6, 6.07) is 4.28. The lowest BCUT2D eigenvalue weighted by Gasteiger charge is -2.04. The maximum atomic E-state index is 13.3. The molecule has 1 aromatic carbocycles. The van der Waals surface area contributed by atoms with Gasteiger partial charge >= 0.3 is 0 Å². The summed E-state index contributed by atoms with van der Waals surface area (Å²) in [5.41, 5.74) is 0.566. The number of carbonyl (C=O) groups excluding carboxylic acids is 1. The van der Waals surface area contributed by atoms with Crippen molar-refractivity contribution in [3.05, 3.63) is 29.9 Å². The summed E-state index contributed by atoms with van der Waals surface area (Å²) in [6.45, 7) is 3.36. The first-order valence-electron chi connectivity index (χ1n) is 6.24. The lowest BCUT2D eigenvalue weighted by atomic mass is 10.0. The van der Waals surface area contributed by atoms with Gasteiger partial charge in [-0.2, -0.15) is 4.98 Å². The van der Waals surface area contributed by atoms with Crippen LogP contribution in [0.2, 0.25) is 0 Å². The Morgan fingerprint density at radius 1 is 1.50 bits per heavy atom. The van der Waals surface area contributed by atoms with Crippen LogP contribution in [-0.4, -0.2) is 23.0 Å². The minimum atomic E-state index is -0.463. The van der Waals surface area contributed by atoms with Crippen molar-refractivity contribution in [2.45, 2.75) is 26.2 Å². The van der Waals surface area contributed by atoms with Gasteiger partial charge in [0.25, 0.3) is 0 Å². The molecule has 0 saturated carbocycles. The highest BCUT2D eigenvalue weighted by Gasteiger charge is 2.22. The summed E-state index contributed by atoms with van der Waals surface area (Å²) in [5, 5.41) is 3.83. The van der Waals surface area contributed by atoms with E-state index < -0.39 is 11.7 Å². The van der Waals surface area contributed by atoms with Gasteiger partial charge in [0.1, 0.15) is 5.78 Å². The van der Waals surface area contributed by atoms with Gasteiger partial charge in [-0.05, 0) is 31.5 Å². The molecule has 20 heavy (non-hydrogen) atoms. The van der Waals surface area contributed by atoms with Crippen LogP contribution in [-0.2, 0) is 4.79 Å². The fourth-order valence-corrected chi connectivity index (χ4v) is 1.93. The van der Waals surface area contributed by atoms with E-state index in [0.29, 0.717) is 17.8 Å². The van der Waals surface area contributed by atoms with Crippen molar-refractivity contribution in [3.8, 4) is 17.1 Å². The van der Waals surface area contributed by atoms with Crippen molar-refractivity contribution in [1.29, 1.82) is 0 Å². The van der Waals surface area contributed by atoms with E-state index in [-0.39, 0.29) is 17.4 Å². The Balaban J connectivity index is 2.35. The molecule has 0 N–H and O–H groups in total. The largest absolute Gasteiger partial charge is 0.494 e. The molecule has 0 fully saturated rings. The molecule has 106 valence electrons. The highest BCUT2D eigenvalue weighted by atomic mass is 19.1. The minimum absolute atomic E-state index is 0.0283. The SMILES string of the molecule is CCC(C(C)=O)c1nc(-c2ccc(F)c(OC)c2)no1. The van der Waals surface area contributed by atoms with E-state index in [1.807, 2.05) is 6.92 Å². The average Bonchev–Trinajstić information content (AvgIpc) is 2.89. The van der Waals surface area contributed by atoms with Crippen LogP contribution >= 0.6 is 0 Å². The Hall–Kier alpha value is -2.24. The Kier molecular flexibility index (Phi) is 4.12. The van der Waals surface area contributed by atoms with Crippen LogP contribution in [0.4, 0.5) is 4.39 Å². The maximum absolute atomic E-state index is 13.3. The molecule has 2 rings (SSSR count). The number of ether oxygens (including phenoxy) is 1. The van der Waals surface area contributed by atoms with E-state index in [4.69, 9.17) is 9.26 Å². The van der Waals surface area contributed by atoms with Crippen molar-refractivity contribution in [1.82, 2.24) is 10.1 Å². The third-order valence-electron chi connectivity index (χ3n) is 3.05.